The van der Waals surface area contributed by atoms with E-state index in [9.17, 15) is 14.4 Å². The van der Waals surface area contributed by atoms with Crippen LogP contribution in [0.15, 0.2) is 103 Å². The van der Waals surface area contributed by atoms with Gasteiger partial charge in [0.1, 0.15) is 23.5 Å². The number of fused-ring (bicyclic) bond motifs is 1. The molecule has 1 saturated carbocycles. The third-order valence-electron chi connectivity index (χ3n) is 7.23. The number of para-hydroxylation sites is 1. The van der Waals surface area contributed by atoms with Gasteiger partial charge < -0.3 is 29.3 Å². The quantitative estimate of drug-likeness (QED) is 0.117. The van der Waals surface area contributed by atoms with E-state index < -0.39 is 23.7 Å². The highest BCUT2D eigenvalue weighted by atomic mass is 16.6. The molecule has 0 aliphatic heterocycles. The van der Waals surface area contributed by atoms with Gasteiger partial charge in [-0.3, -0.25) is 4.79 Å². The summed E-state index contributed by atoms with van der Waals surface area (Å²) in [7, 11) is 0. The standard InChI is InChI=1S/C35H38N2O7.C4H6/c1-5-41-33(39)30(37-32(38)24-13-14-24)27-11-6-7-12-29(27)43-21-23-18-26-15-16-42-31(26)28(19-23)25-10-8-9-22(17-25)20-36-34(40)44-35(2,3)4;1-3-4-2/h6-12,15-19,24,30H,5,13-14,20-21H2,1-4H3,(H,36,40)(H,37,38);3-4H,1-2H2. The largest absolute Gasteiger partial charge is 0.489 e. The van der Waals surface area contributed by atoms with E-state index in [2.05, 4.69) is 23.8 Å². The van der Waals surface area contributed by atoms with Crippen LogP contribution in [0.5, 0.6) is 5.75 Å². The molecule has 1 aromatic heterocycles. The van der Waals surface area contributed by atoms with E-state index in [1.807, 2.05) is 69.3 Å². The van der Waals surface area contributed by atoms with Crippen molar-refractivity contribution in [2.75, 3.05) is 6.61 Å². The van der Waals surface area contributed by atoms with E-state index in [0.717, 1.165) is 46.1 Å². The molecule has 0 saturated heterocycles. The lowest BCUT2D eigenvalue weighted by Crippen LogP contribution is -2.36. The van der Waals surface area contributed by atoms with Crippen molar-refractivity contribution < 1.29 is 33.0 Å². The van der Waals surface area contributed by atoms with Gasteiger partial charge in [-0.2, -0.15) is 0 Å². The van der Waals surface area contributed by atoms with Gasteiger partial charge in [0.05, 0.1) is 12.9 Å². The lowest BCUT2D eigenvalue weighted by molar-refractivity contribution is -0.147. The van der Waals surface area contributed by atoms with Gasteiger partial charge in [-0.25, -0.2) is 9.59 Å². The molecule has 2 N–H and O–H groups in total. The molecule has 3 aromatic carbocycles. The number of esters is 1. The number of ether oxygens (including phenoxy) is 3. The zero-order chi connectivity index (χ0) is 34.7. The SMILES string of the molecule is C=CC=C.CCOC(=O)C(NC(=O)C1CC1)c1ccccc1OCc1cc(-c2cccc(CNC(=O)OC(C)(C)C)c2)c2occc2c1. The van der Waals surface area contributed by atoms with Crippen LogP contribution in [-0.2, 0) is 32.2 Å². The van der Waals surface area contributed by atoms with Crippen molar-refractivity contribution in [2.45, 2.75) is 65.3 Å². The first-order valence-corrected chi connectivity index (χ1v) is 16.0. The summed E-state index contributed by atoms with van der Waals surface area (Å²) in [5, 5.41) is 6.58. The Hall–Kier alpha value is -5.31. The predicted molar refractivity (Wildman–Crippen MR) is 186 cm³/mol. The monoisotopic (exact) mass is 652 g/mol. The number of hydrogen-bond acceptors (Lipinski definition) is 7. The molecule has 1 fully saturated rings. The molecule has 9 nitrogen and oxygen atoms in total. The van der Waals surface area contributed by atoms with Crippen molar-refractivity contribution >= 4 is 28.9 Å². The zero-order valence-electron chi connectivity index (χ0n) is 28.0. The smallest absolute Gasteiger partial charge is 0.407 e. The minimum atomic E-state index is -0.969. The number of alkyl carbamates (subject to hydrolysis) is 1. The molecule has 9 heteroatoms. The van der Waals surface area contributed by atoms with Crippen molar-refractivity contribution in [3.63, 3.8) is 0 Å². The fourth-order valence-electron chi connectivity index (χ4n) is 4.89. The Morgan fingerprint density at radius 3 is 2.42 bits per heavy atom. The summed E-state index contributed by atoms with van der Waals surface area (Å²) in [6.07, 6.45) is 6.09. The Bertz CT molecular complexity index is 1740. The molecule has 1 aliphatic carbocycles. The van der Waals surface area contributed by atoms with E-state index in [0.29, 0.717) is 17.9 Å². The summed E-state index contributed by atoms with van der Waals surface area (Å²) in [4.78, 5) is 37.7. The Kier molecular flexibility index (Phi) is 12.2. The number of carbonyl (C=O) groups is 3. The second-order valence-electron chi connectivity index (χ2n) is 12.3. The fourth-order valence-corrected chi connectivity index (χ4v) is 4.89. The lowest BCUT2D eigenvalue weighted by Gasteiger charge is -2.21. The van der Waals surface area contributed by atoms with Crippen molar-refractivity contribution in [2.24, 2.45) is 5.92 Å². The number of furan rings is 1. The van der Waals surface area contributed by atoms with Gasteiger partial charge in [0.15, 0.2) is 6.04 Å². The number of nitrogens with one attached hydrogen (secondary N) is 2. The summed E-state index contributed by atoms with van der Waals surface area (Å²) < 4.78 is 22.8. The molecule has 1 unspecified atom stereocenters. The van der Waals surface area contributed by atoms with Gasteiger partial charge in [0, 0.05) is 29.0 Å². The highest BCUT2D eigenvalue weighted by molar-refractivity contribution is 5.93. The van der Waals surface area contributed by atoms with Crippen LogP contribution >= 0.6 is 0 Å². The van der Waals surface area contributed by atoms with Crippen molar-refractivity contribution in [3.05, 3.63) is 115 Å². The number of rotatable bonds is 12. The minimum absolute atomic E-state index is 0.0632. The van der Waals surface area contributed by atoms with Gasteiger partial charge in [0.2, 0.25) is 5.91 Å². The maximum Gasteiger partial charge on any atom is 0.407 e. The second-order valence-corrected chi connectivity index (χ2v) is 12.3. The number of benzene rings is 3. The highest BCUT2D eigenvalue weighted by Gasteiger charge is 2.34. The Morgan fingerprint density at radius 2 is 1.73 bits per heavy atom. The second kappa shape index (κ2) is 16.5. The first-order valence-electron chi connectivity index (χ1n) is 16.0. The van der Waals surface area contributed by atoms with Crippen LogP contribution in [0, 0.1) is 5.92 Å². The lowest BCUT2D eigenvalue weighted by atomic mass is 9.99. The molecule has 48 heavy (non-hydrogen) atoms. The summed E-state index contributed by atoms with van der Waals surface area (Å²) in [6, 6.07) is 20.0. The van der Waals surface area contributed by atoms with Crippen LogP contribution in [0.4, 0.5) is 4.79 Å². The van der Waals surface area contributed by atoms with Crippen molar-refractivity contribution in [1.82, 2.24) is 10.6 Å². The molecular formula is C39H44N2O7. The van der Waals surface area contributed by atoms with E-state index in [1.54, 1.807) is 43.5 Å². The maximum atomic E-state index is 12.9. The van der Waals surface area contributed by atoms with Crippen molar-refractivity contribution in [3.8, 4) is 16.9 Å². The highest BCUT2D eigenvalue weighted by Crippen LogP contribution is 2.34. The molecule has 5 rings (SSSR count). The molecule has 2 amide bonds. The first kappa shape index (κ1) is 35.5. The molecule has 0 radical (unpaired) electrons. The van der Waals surface area contributed by atoms with E-state index >= 15 is 0 Å². The number of carbonyl (C=O) groups excluding carboxylic acids is 3. The molecule has 1 aliphatic rings. The summed E-state index contributed by atoms with van der Waals surface area (Å²) in [5.74, 6) is -0.269. The Balaban J connectivity index is 0.00000123. The molecule has 1 atom stereocenters. The van der Waals surface area contributed by atoms with Gasteiger partial charge in [0.25, 0.3) is 0 Å². The summed E-state index contributed by atoms with van der Waals surface area (Å²) in [6.45, 7) is 14.6. The third kappa shape index (κ3) is 10.1. The van der Waals surface area contributed by atoms with Gasteiger partial charge >= 0.3 is 12.1 Å². The number of amides is 2. The summed E-state index contributed by atoms with van der Waals surface area (Å²) in [5.41, 5.74) is 4.27. The number of allylic oxidation sites excluding steroid dienone is 2. The van der Waals surface area contributed by atoms with Crippen molar-refractivity contribution in [1.29, 1.82) is 0 Å². The van der Waals surface area contributed by atoms with Gasteiger partial charge in [-0.05, 0) is 87.6 Å². The Morgan fingerprint density at radius 1 is 0.979 bits per heavy atom. The molecule has 4 aromatic rings. The Labute approximate surface area is 282 Å². The predicted octanol–water partition coefficient (Wildman–Crippen LogP) is 8.19. The maximum absolute atomic E-state index is 12.9. The average molecular weight is 653 g/mol. The molecule has 0 bridgehead atoms. The topological polar surface area (TPSA) is 116 Å². The first-order chi connectivity index (χ1) is 23.0. The zero-order valence-corrected chi connectivity index (χ0v) is 28.0. The van der Waals surface area contributed by atoms with Crippen LogP contribution in [0.3, 0.4) is 0 Å². The van der Waals surface area contributed by atoms with Gasteiger partial charge in [-0.1, -0.05) is 61.7 Å². The van der Waals surface area contributed by atoms with Crippen LogP contribution < -0.4 is 15.4 Å². The van der Waals surface area contributed by atoms with Crippen LogP contribution in [0.25, 0.3) is 22.1 Å². The van der Waals surface area contributed by atoms with Crippen LogP contribution in [0.1, 0.15) is 63.3 Å². The van der Waals surface area contributed by atoms with Gasteiger partial charge in [-0.15, -0.1) is 0 Å². The number of hydrogen-bond donors (Lipinski definition) is 2. The molecule has 1 heterocycles. The van der Waals surface area contributed by atoms with Crippen LogP contribution in [0.2, 0.25) is 0 Å². The average Bonchev–Trinajstić information content (AvgIpc) is 3.82. The van der Waals surface area contributed by atoms with Crippen LogP contribution in [-0.4, -0.2) is 30.2 Å². The van der Waals surface area contributed by atoms with E-state index in [1.165, 1.54) is 0 Å². The minimum Gasteiger partial charge on any atom is -0.489 e. The van der Waals surface area contributed by atoms with E-state index in [4.69, 9.17) is 18.6 Å². The summed E-state index contributed by atoms with van der Waals surface area (Å²) >= 11 is 0. The molecule has 0 spiro atoms. The fraction of sp³-hybridized carbons (Fsp3) is 0.308. The van der Waals surface area contributed by atoms with E-state index in [-0.39, 0.29) is 25.0 Å². The normalized spacial score (nSPS) is 12.9. The molecular weight excluding hydrogens is 608 g/mol. The molecule has 252 valence electrons. The third-order valence-corrected chi connectivity index (χ3v) is 7.23.